The van der Waals surface area contributed by atoms with Crippen molar-refractivity contribution in [2.45, 2.75) is 125 Å². The highest BCUT2D eigenvalue weighted by Crippen LogP contribution is 2.77. The van der Waals surface area contributed by atoms with E-state index in [0.717, 1.165) is 56.9 Å². The smallest absolute Gasteiger partial charge is 0.316 e. The molecular weight excluding hydrogens is 488 g/mol. The van der Waals surface area contributed by atoms with Gasteiger partial charge in [-0.05, 0) is 123 Å². The van der Waals surface area contributed by atoms with Gasteiger partial charge in [-0.3, -0.25) is 9.59 Å². The molecule has 5 saturated carbocycles. The minimum absolute atomic E-state index is 0.0565. The fraction of sp³-hybridized carbons (Fsp3) is 0.882. The SMILES string of the molecule is C=C(C)[C@@H]1CC[C@]2(C(=O)OCC)C(OC(C)=O)C[C@]3(C)[C@H](CC[C@@H]4[C@@]5(C)CC[C@H](O)C(C)(C)[C@@H]5CC[C@]43C)[C@@H]12. The molecule has 1 N–H and O–H groups in total. The predicted molar refractivity (Wildman–Crippen MR) is 153 cm³/mol. The molecule has 0 heterocycles. The van der Waals surface area contributed by atoms with E-state index < -0.39 is 11.5 Å². The maximum atomic E-state index is 14.0. The molecule has 11 atom stereocenters. The monoisotopic (exact) mass is 542 g/mol. The Hall–Kier alpha value is -1.36. The molecule has 5 fully saturated rings. The highest BCUT2D eigenvalue weighted by atomic mass is 16.6. The summed E-state index contributed by atoms with van der Waals surface area (Å²) in [4.78, 5) is 26.6. The number of esters is 2. The second-order valence-electron chi connectivity index (χ2n) is 15.6. The summed E-state index contributed by atoms with van der Waals surface area (Å²) < 4.78 is 12.0. The topological polar surface area (TPSA) is 72.8 Å². The van der Waals surface area contributed by atoms with Crippen molar-refractivity contribution in [2.75, 3.05) is 6.61 Å². The summed E-state index contributed by atoms with van der Waals surface area (Å²) in [6, 6.07) is 0. The molecule has 39 heavy (non-hydrogen) atoms. The fourth-order valence-electron chi connectivity index (χ4n) is 12.1. The minimum Gasteiger partial charge on any atom is -0.465 e. The summed E-state index contributed by atoms with van der Waals surface area (Å²) in [6.07, 6.45) is 8.02. The average molecular weight is 543 g/mol. The van der Waals surface area contributed by atoms with Gasteiger partial charge in [0.2, 0.25) is 0 Å². The van der Waals surface area contributed by atoms with Gasteiger partial charge in [-0.1, -0.05) is 46.8 Å². The molecular formula is C34H54O5. The van der Waals surface area contributed by atoms with E-state index in [1.807, 2.05) is 6.92 Å². The predicted octanol–water partition coefficient (Wildman–Crippen LogP) is 7.11. The van der Waals surface area contributed by atoms with E-state index in [-0.39, 0.29) is 51.5 Å². The van der Waals surface area contributed by atoms with Crippen LogP contribution in [0.15, 0.2) is 12.2 Å². The molecule has 5 aliphatic rings. The van der Waals surface area contributed by atoms with Crippen molar-refractivity contribution in [1.29, 1.82) is 0 Å². The number of carbonyl (C=O) groups excluding carboxylic acids is 2. The van der Waals surface area contributed by atoms with Crippen LogP contribution in [0.25, 0.3) is 0 Å². The third-order valence-corrected chi connectivity index (χ3v) is 14.0. The molecule has 0 aromatic rings. The van der Waals surface area contributed by atoms with Crippen molar-refractivity contribution in [2.24, 2.45) is 56.7 Å². The van der Waals surface area contributed by atoms with Crippen LogP contribution in [0.3, 0.4) is 0 Å². The lowest BCUT2D eigenvalue weighted by atomic mass is 9.32. The second kappa shape index (κ2) is 9.33. The van der Waals surface area contributed by atoms with Crippen LogP contribution in [0.1, 0.15) is 113 Å². The quantitative estimate of drug-likeness (QED) is 0.303. The van der Waals surface area contributed by atoms with Crippen molar-refractivity contribution in [3.8, 4) is 0 Å². The van der Waals surface area contributed by atoms with Gasteiger partial charge < -0.3 is 14.6 Å². The molecule has 0 aromatic heterocycles. The molecule has 5 aliphatic carbocycles. The Bertz CT molecular complexity index is 1030. The Labute approximate surface area is 236 Å². The first kappa shape index (κ1) is 29.1. The van der Waals surface area contributed by atoms with Crippen molar-refractivity contribution in [3.05, 3.63) is 12.2 Å². The molecule has 0 spiro atoms. The maximum absolute atomic E-state index is 14.0. The molecule has 0 saturated heterocycles. The van der Waals surface area contributed by atoms with Crippen molar-refractivity contribution in [3.63, 3.8) is 0 Å². The van der Waals surface area contributed by atoms with E-state index in [1.54, 1.807) is 0 Å². The molecule has 1 unspecified atom stereocenters. The Kier molecular flexibility index (Phi) is 6.97. The van der Waals surface area contributed by atoms with Crippen molar-refractivity contribution >= 4 is 11.9 Å². The van der Waals surface area contributed by atoms with Gasteiger partial charge in [-0.25, -0.2) is 0 Å². The standard InChI is InChI=1S/C34H54O5/c1-10-38-29(37)34-18-13-22(20(2)3)28(34)23-11-12-25-31(7)16-15-26(36)30(5,6)24(31)14-17-32(25,8)33(23,9)19-27(34)39-21(4)35/h22-28,36H,2,10-19H2,1,3-9H3/t22-,23+,24-,25+,26-,27?,28+,31-,32+,33+,34-/m0/s1. The lowest BCUT2D eigenvalue weighted by molar-refractivity contribution is -0.266. The van der Waals surface area contributed by atoms with Crippen LogP contribution in [-0.2, 0) is 19.1 Å². The van der Waals surface area contributed by atoms with Crippen molar-refractivity contribution in [1.82, 2.24) is 0 Å². The molecule has 220 valence electrons. The Morgan fingerprint density at radius 2 is 1.59 bits per heavy atom. The van der Waals surface area contributed by atoms with Crippen LogP contribution in [0, 0.1) is 56.7 Å². The molecule has 5 nitrogen and oxygen atoms in total. The van der Waals surface area contributed by atoms with E-state index in [2.05, 4.69) is 48.1 Å². The summed E-state index contributed by atoms with van der Waals surface area (Å²) in [5.41, 5.74) is 0.400. The Morgan fingerprint density at radius 1 is 0.897 bits per heavy atom. The van der Waals surface area contributed by atoms with E-state index >= 15 is 0 Å². The number of fused-ring (bicyclic) bond motifs is 7. The summed E-state index contributed by atoms with van der Waals surface area (Å²) in [7, 11) is 0. The minimum atomic E-state index is -0.795. The van der Waals surface area contributed by atoms with Gasteiger partial charge >= 0.3 is 11.9 Å². The van der Waals surface area contributed by atoms with Gasteiger partial charge in [-0.2, -0.15) is 0 Å². The fourth-order valence-corrected chi connectivity index (χ4v) is 12.1. The number of rotatable bonds is 4. The molecule has 0 aromatic carbocycles. The summed E-state index contributed by atoms with van der Waals surface area (Å²) >= 11 is 0. The number of hydrogen-bond acceptors (Lipinski definition) is 5. The van der Waals surface area contributed by atoms with Crippen LogP contribution in [-0.4, -0.2) is 35.9 Å². The highest BCUT2D eigenvalue weighted by Gasteiger charge is 2.75. The first-order valence-corrected chi connectivity index (χ1v) is 15.8. The first-order valence-electron chi connectivity index (χ1n) is 15.8. The molecule has 0 amide bonds. The molecule has 0 bridgehead atoms. The number of hydrogen-bond donors (Lipinski definition) is 1. The summed E-state index contributed by atoms with van der Waals surface area (Å²) in [6.45, 7) is 22.3. The van der Waals surface area contributed by atoms with Crippen LogP contribution in [0.4, 0.5) is 0 Å². The van der Waals surface area contributed by atoms with Gasteiger partial charge in [0.05, 0.1) is 12.7 Å². The van der Waals surface area contributed by atoms with Gasteiger partial charge in [0.25, 0.3) is 0 Å². The number of ether oxygens (including phenoxy) is 2. The lowest BCUT2D eigenvalue weighted by Crippen LogP contribution is -2.69. The summed E-state index contributed by atoms with van der Waals surface area (Å²) in [5.74, 6) is 1.21. The van der Waals surface area contributed by atoms with Crippen LogP contribution in [0.2, 0.25) is 0 Å². The largest absolute Gasteiger partial charge is 0.465 e. The third-order valence-electron chi connectivity index (χ3n) is 14.0. The molecule has 0 radical (unpaired) electrons. The van der Waals surface area contributed by atoms with Crippen LogP contribution in [0.5, 0.6) is 0 Å². The lowest BCUT2D eigenvalue weighted by Gasteiger charge is -2.73. The van der Waals surface area contributed by atoms with Crippen molar-refractivity contribution < 1.29 is 24.2 Å². The Balaban J connectivity index is 1.64. The van der Waals surface area contributed by atoms with Crippen LogP contribution < -0.4 is 0 Å². The zero-order valence-electron chi connectivity index (χ0n) is 25.9. The van der Waals surface area contributed by atoms with Gasteiger partial charge in [-0.15, -0.1) is 0 Å². The molecule has 5 rings (SSSR count). The molecule has 5 heteroatoms. The van der Waals surface area contributed by atoms with E-state index in [4.69, 9.17) is 9.47 Å². The second-order valence-corrected chi connectivity index (χ2v) is 15.6. The van der Waals surface area contributed by atoms with E-state index in [1.165, 1.54) is 6.92 Å². The first-order chi connectivity index (χ1) is 18.1. The average Bonchev–Trinajstić information content (AvgIpc) is 3.24. The van der Waals surface area contributed by atoms with Crippen LogP contribution >= 0.6 is 0 Å². The van der Waals surface area contributed by atoms with Gasteiger partial charge in [0, 0.05) is 6.92 Å². The van der Waals surface area contributed by atoms with E-state index in [9.17, 15) is 14.7 Å². The zero-order chi connectivity index (χ0) is 28.8. The van der Waals surface area contributed by atoms with Gasteiger partial charge in [0.1, 0.15) is 11.5 Å². The third kappa shape index (κ3) is 3.73. The normalized spacial score (nSPS) is 50.0. The highest BCUT2D eigenvalue weighted by molar-refractivity contribution is 5.80. The Morgan fingerprint density at radius 3 is 2.21 bits per heavy atom. The summed E-state index contributed by atoms with van der Waals surface area (Å²) in [5, 5.41) is 11.0. The number of aliphatic hydroxyl groups is 1. The molecule has 0 aliphatic heterocycles. The van der Waals surface area contributed by atoms with E-state index in [0.29, 0.717) is 30.8 Å². The number of allylic oxidation sites excluding steroid dienone is 1. The van der Waals surface area contributed by atoms with Gasteiger partial charge in [0.15, 0.2) is 0 Å². The number of aliphatic hydroxyl groups excluding tert-OH is 1. The number of carbonyl (C=O) groups is 2. The maximum Gasteiger partial charge on any atom is 0.316 e. The zero-order valence-corrected chi connectivity index (χ0v) is 25.9.